The summed E-state index contributed by atoms with van der Waals surface area (Å²) in [6, 6.07) is 8.73. The summed E-state index contributed by atoms with van der Waals surface area (Å²) in [5.74, 6) is -1.38. The molecule has 0 amide bonds. The van der Waals surface area contributed by atoms with Gasteiger partial charge in [0.25, 0.3) is 5.89 Å². The van der Waals surface area contributed by atoms with E-state index in [2.05, 4.69) is 10.1 Å². The second-order valence-corrected chi connectivity index (χ2v) is 4.63. The summed E-state index contributed by atoms with van der Waals surface area (Å²) < 4.78 is 31.3. The van der Waals surface area contributed by atoms with Crippen LogP contribution in [-0.4, -0.2) is 10.1 Å². The quantitative estimate of drug-likeness (QED) is 0.732. The fraction of sp³-hybridized carbons (Fsp3) is 0.0667. The molecule has 1 heterocycles. The Kier molecular flexibility index (Phi) is 3.13. The van der Waals surface area contributed by atoms with E-state index in [1.807, 2.05) is 6.92 Å². The van der Waals surface area contributed by atoms with Gasteiger partial charge in [-0.05, 0) is 48.9 Å². The molecule has 2 N–H and O–H groups in total. The topological polar surface area (TPSA) is 64.9 Å². The Morgan fingerprint density at radius 3 is 2.57 bits per heavy atom. The van der Waals surface area contributed by atoms with Crippen molar-refractivity contribution in [2.45, 2.75) is 6.92 Å². The van der Waals surface area contributed by atoms with Crippen molar-refractivity contribution in [3.05, 3.63) is 53.6 Å². The Balaban J connectivity index is 2.01. The first-order valence-electron chi connectivity index (χ1n) is 6.20. The van der Waals surface area contributed by atoms with Gasteiger partial charge >= 0.3 is 0 Å². The van der Waals surface area contributed by atoms with Crippen LogP contribution in [0.4, 0.5) is 14.5 Å². The fourth-order valence-electron chi connectivity index (χ4n) is 2.01. The Hall–Kier alpha value is -2.76. The number of nitrogens with two attached hydrogens (primary N) is 1. The molecule has 0 saturated heterocycles. The van der Waals surface area contributed by atoms with Crippen molar-refractivity contribution < 1.29 is 13.3 Å². The highest BCUT2D eigenvalue weighted by molar-refractivity contribution is 5.64. The third-order valence-electron chi connectivity index (χ3n) is 3.08. The van der Waals surface area contributed by atoms with Gasteiger partial charge in [0.1, 0.15) is 0 Å². The van der Waals surface area contributed by atoms with Gasteiger partial charge in [0, 0.05) is 16.8 Å². The van der Waals surface area contributed by atoms with E-state index in [0.717, 1.165) is 23.3 Å². The van der Waals surface area contributed by atoms with Gasteiger partial charge < -0.3 is 10.3 Å². The molecule has 0 bridgehead atoms. The minimum absolute atomic E-state index is 0.195. The number of hydrogen-bond donors (Lipinski definition) is 1. The number of benzene rings is 2. The van der Waals surface area contributed by atoms with E-state index in [4.69, 9.17) is 10.3 Å². The van der Waals surface area contributed by atoms with Crippen LogP contribution in [-0.2, 0) is 0 Å². The standard InChI is InChI=1S/C15H11F2N3O/c1-8-6-10(18)3-4-11(8)15-19-14(20-21-15)9-2-5-12(16)13(17)7-9/h2-7H,18H2,1H3. The molecule has 0 fully saturated rings. The number of rotatable bonds is 2. The number of aromatic nitrogens is 2. The number of anilines is 1. The summed E-state index contributed by atoms with van der Waals surface area (Å²) in [7, 11) is 0. The molecular formula is C15H11F2N3O. The van der Waals surface area contributed by atoms with Gasteiger partial charge in [0.2, 0.25) is 5.82 Å². The van der Waals surface area contributed by atoms with E-state index in [9.17, 15) is 8.78 Å². The minimum atomic E-state index is -0.956. The van der Waals surface area contributed by atoms with Crippen molar-refractivity contribution >= 4 is 5.69 Å². The summed E-state index contributed by atoms with van der Waals surface area (Å²) in [5.41, 5.74) is 8.29. The van der Waals surface area contributed by atoms with Gasteiger partial charge in [-0.1, -0.05) is 5.16 Å². The van der Waals surface area contributed by atoms with Gasteiger partial charge in [0.05, 0.1) is 0 Å². The molecule has 0 radical (unpaired) electrons. The van der Waals surface area contributed by atoms with Gasteiger partial charge in [-0.2, -0.15) is 4.98 Å². The molecule has 106 valence electrons. The molecule has 0 atom stereocenters. The van der Waals surface area contributed by atoms with Crippen LogP contribution in [0.2, 0.25) is 0 Å². The Morgan fingerprint density at radius 2 is 1.86 bits per heavy atom. The first-order valence-corrected chi connectivity index (χ1v) is 6.20. The molecule has 6 heteroatoms. The summed E-state index contributed by atoms with van der Waals surface area (Å²) in [6.45, 7) is 1.87. The summed E-state index contributed by atoms with van der Waals surface area (Å²) in [5, 5.41) is 3.79. The molecule has 0 spiro atoms. The lowest BCUT2D eigenvalue weighted by Crippen LogP contribution is -1.89. The van der Waals surface area contributed by atoms with Gasteiger partial charge in [0.15, 0.2) is 11.6 Å². The maximum absolute atomic E-state index is 13.2. The lowest BCUT2D eigenvalue weighted by molar-refractivity contribution is 0.432. The zero-order chi connectivity index (χ0) is 15.0. The minimum Gasteiger partial charge on any atom is -0.399 e. The SMILES string of the molecule is Cc1cc(N)ccc1-c1nc(-c2ccc(F)c(F)c2)no1. The highest BCUT2D eigenvalue weighted by atomic mass is 19.2. The molecule has 2 aromatic carbocycles. The van der Waals surface area contributed by atoms with E-state index in [0.29, 0.717) is 17.1 Å². The average molecular weight is 287 g/mol. The zero-order valence-corrected chi connectivity index (χ0v) is 11.1. The Bertz CT molecular complexity index is 814. The van der Waals surface area contributed by atoms with Crippen molar-refractivity contribution in [1.82, 2.24) is 10.1 Å². The predicted molar refractivity (Wildman–Crippen MR) is 74.2 cm³/mol. The van der Waals surface area contributed by atoms with Crippen molar-refractivity contribution in [3.63, 3.8) is 0 Å². The zero-order valence-electron chi connectivity index (χ0n) is 11.1. The fourth-order valence-corrected chi connectivity index (χ4v) is 2.01. The average Bonchev–Trinajstić information content (AvgIpc) is 2.91. The Morgan fingerprint density at radius 1 is 1.05 bits per heavy atom. The molecule has 0 saturated carbocycles. The number of nitrogens with zero attached hydrogens (tertiary/aromatic N) is 2. The second-order valence-electron chi connectivity index (χ2n) is 4.63. The maximum Gasteiger partial charge on any atom is 0.258 e. The molecule has 3 rings (SSSR count). The maximum atomic E-state index is 13.2. The lowest BCUT2D eigenvalue weighted by Gasteiger charge is -2.01. The van der Waals surface area contributed by atoms with E-state index in [1.54, 1.807) is 18.2 Å². The van der Waals surface area contributed by atoms with Crippen LogP contribution in [0.5, 0.6) is 0 Å². The van der Waals surface area contributed by atoms with E-state index < -0.39 is 11.6 Å². The third kappa shape index (κ3) is 2.47. The number of nitrogen functional groups attached to an aromatic ring is 1. The molecule has 0 unspecified atom stereocenters. The van der Waals surface area contributed by atoms with E-state index in [1.165, 1.54) is 6.07 Å². The van der Waals surface area contributed by atoms with Crippen LogP contribution in [0.15, 0.2) is 40.9 Å². The first kappa shape index (κ1) is 13.2. The van der Waals surface area contributed by atoms with E-state index in [-0.39, 0.29) is 5.82 Å². The van der Waals surface area contributed by atoms with Gasteiger partial charge in [-0.3, -0.25) is 0 Å². The molecule has 0 aliphatic carbocycles. The van der Waals surface area contributed by atoms with Crippen LogP contribution in [0.25, 0.3) is 22.8 Å². The molecule has 21 heavy (non-hydrogen) atoms. The molecular weight excluding hydrogens is 276 g/mol. The van der Waals surface area contributed by atoms with Crippen molar-refractivity contribution in [3.8, 4) is 22.8 Å². The van der Waals surface area contributed by atoms with Crippen LogP contribution in [0, 0.1) is 18.6 Å². The van der Waals surface area contributed by atoms with Crippen LogP contribution < -0.4 is 5.73 Å². The molecule has 4 nitrogen and oxygen atoms in total. The summed E-state index contributed by atoms with van der Waals surface area (Å²) in [4.78, 5) is 4.20. The van der Waals surface area contributed by atoms with Crippen LogP contribution in [0.1, 0.15) is 5.56 Å². The van der Waals surface area contributed by atoms with Crippen molar-refractivity contribution in [1.29, 1.82) is 0 Å². The molecule has 0 aliphatic rings. The lowest BCUT2D eigenvalue weighted by atomic mass is 10.1. The Labute approximate surface area is 119 Å². The molecule has 3 aromatic rings. The highest BCUT2D eigenvalue weighted by Gasteiger charge is 2.14. The monoisotopic (exact) mass is 287 g/mol. The third-order valence-corrected chi connectivity index (χ3v) is 3.08. The largest absolute Gasteiger partial charge is 0.399 e. The number of hydrogen-bond acceptors (Lipinski definition) is 4. The summed E-state index contributed by atoms with van der Waals surface area (Å²) >= 11 is 0. The molecule has 1 aromatic heterocycles. The van der Waals surface area contributed by atoms with Gasteiger partial charge in [-0.25, -0.2) is 8.78 Å². The highest BCUT2D eigenvalue weighted by Crippen LogP contribution is 2.26. The van der Waals surface area contributed by atoms with Crippen LogP contribution in [0.3, 0.4) is 0 Å². The second kappa shape index (κ2) is 4.97. The van der Waals surface area contributed by atoms with Crippen molar-refractivity contribution in [2.75, 3.05) is 5.73 Å². The smallest absolute Gasteiger partial charge is 0.258 e. The normalized spacial score (nSPS) is 10.8. The molecule has 0 aliphatic heterocycles. The predicted octanol–water partition coefficient (Wildman–Crippen LogP) is 3.57. The van der Waals surface area contributed by atoms with Crippen molar-refractivity contribution in [2.24, 2.45) is 0 Å². The van der Waals surface area contributed by atoms with Gasteiger partial charge in [-0.15, -0.1) is 0 Å². The summed E-state index contributed by atoms with van der Waals surface area (Å²) in [6.07, 6.45) is 0. The number of halogens is 2. The first-order chi connectivity index (χ1) is 10.0. The van der Waals surface area contributed by atoms with Crippen LogP contribution >= 0.6 is 0 Å². The van der Waals surface area contributed by atoms with E-state index >= 15 is 0 Å². The number of aryl methyl sites for hydroxylation is 1.